The number of fused-ring (bicyclic) bond motifs is 1. The highest BCUT2D eigenvalue weighted by atomic mass is 16.5. The maximum atomic E-state index is 13.0. The van der Waals surface area contributed by atoms with Crippen LogP contribution in [0.3, 0.4) is 0 Å². The summed E-state index contributed by atoms with van der Waals surface area (Å²) in [6, 6.07) is 11.9. The lowest BCUT2D eigenvalue weighted by molar-refractivity contribution is 0.0624. The molecule has 3 heterocycles. The van der Waals surface area contributed by atoms with Crippen LogP contribution in [0.25, 0.3) is 16.8 Å². The molecule has 1 amide bonds. The first-order chi connectivity index (χ1) is 14.5. The Kier molecular flexibility index (Phi) is 6.01. The molecule has 30 heavy (non-hydrogen) atoms. The monoisotopic (exact) mass is 407 g/mol. The van der Waals surface area contributed by atoms with Crippen LogP contribution in [-0.2, 0) is 0 Å². The van der Waals surface area contributed by atoms with Crippen LogP contribution in [-0.4, -0.2) is 90.5 Å². The maximum Gasteiger partial charge on any atom is 0.274 e. The van der Waals surface area contributed by atoms with Gasteiger partial charge in [-0.2, -0.15) is 0 Å². The topological polar surface area (TPSA) is 53.3 Å². The summed E-state index contributed by atoms with van der Waals surface area (Å²) in [4.78, 5) is 24.1. The molecule has 4 rings (SSSR count). The van der Waals surface area contributed by atoms with Gasteiger partial charge in [-0.3, -0.25) is 9.69 Å². The van der Waals surface area contributed by atoms with Crippen molar-refractivity contribution >= 4 is 11.6 Å². The van der Waals surface area contributed by atoms with Gasteiger partial charge in [-0.1, -0.05) is 12.1 Å². The number of rotatable bonds is 6. The van der Waals surface area contributed by atoms with E-state index in [1.54, 1.807) is 7.11 Å². The van der Waals surface area contributed by atoms with E-state index in [1.807, 2.05) is 58.1 Å². The molecule has 0 unspecified atom stereocenters. The number of nitrogens with zero attached hydrogens (tertiary/aromatic N) is 5. The number of piperazine rings is 1. The molecule has 0 saturated carbocycles. The molecule has 1 saturated heterocycles. The summed E-state index contributed by atoms with van der Waals surface area (Å²) >= 11 is 0. The highest BCUT2D eigenvalue weighted by Crippen LogP contribution is 2.24. The van der Waals surface area contributed by atoms with E-state index >= 15 is 0 Å². The first-order valence-corrected chi connectivity index (χ1v) is 10.3. The standard InChI is InChI=1S/C23H29N5O2/c1-25(2)9-10-26-11-13-27(14-12-26)23(29)21-17-28-16-19(7-8-22(28)24-21)18-5-4-6-20(15-18)30-3/h4-8,15-17H,9-14H2,1-3H3. The van der Waals surface area contributed by atoms with Crippen molar-refractivity contribution < 1.29 is 9.53 Å². The van der Waals surface area contributed by atoms with Crippen molar-refractivity contribution in [2.24, 2.45) is 0 Å². The van der Waals surface area contributed by atoms with E-state index in [4.69, 9.17) is 4.74 Å². The van der Waals surface area contributed by atoms with Crippen molar-refractivity contribution in [3.8, 4) is 16.9 Å². The molecule has 0 aliphatic carbocycles. The van der Waals surface area contributed by atoms with E-state index < -0.39 is 0 Å². The summed E-state index contributed by atoms with van der Waals surface area (Å²) in [6.07, 6.45) is 3.84. The molecule has 7 nitrogen and oxygen atoms in total. The van der Waals surface area contributed by atoms with Crippen LogP contribution >= 0.6 is 0 Å². The van der Waals surface area contributed by atoms with E-state index in [0.29, 0.717) is 5.69 Å². The van der Waals surface area contributed by atoms with Crippen LogP contribution in [0, 0.1) is 0 Å². The summed E-state index contributed by atoms with van der Waals surface area (Å²) in [5.74, 6) is 0.827. The Morgan fingerprint density at radius 3 is 2.60 bits per heavy atom. The number of imidazole rings is 1. The molecule has 1 fully saturated rings. The van der Waals surface area contributed by atoms with Gasteiger partial charge in [0.25, 0.3) is 5.91 Å². The number of methoxy groups -OCH3 is 1. The van der Waals surface area contributed by atoms with E-state index in [0.717, 1.165) is 61.8 Å². The Labute approximate surface area is 177 Å². The lowest BCUT2D eigenvalue weighted by atomic mass is 10.1. The quantitative estimate of drug-likeness (QED) is 0.628. The second-order valence-corrected chi connectivity index (χ2v) is 7.98. The fourth-order valence-corrected chi connectivity index (χ4v) is 3.75. The molecule has 158 valence electrons. The summed E-state index contributed by atoms with van der Waals surface area (Å²) < 4.78 is 7.25. The van der Waals surface area contributed by atoms with Crippen LogP contribution in [0.2, 0.25) is 0 Å². The number of likely N-dealkylation sites (N-methyl/N-ethyl adjacent to an activating group) is 1. The normalized spacial score (nSPS) is 15.1. The minimum atomic E-state index is 0.00823. The van der Waals surface area contributed by atoms with Gasteiger partial charge in [-0.25, -0.2) is 4.98 Å². The zero-order valence-electron chi connectivity index (χ0n) is 17.9. The smallest absolute Gasteiger partial charge is 0.274 e. The summed E-state index contributed by atoms with van der Waals surface area (Å²) in [5.41, 5.74) is 3.38. The Morgan fingerprint density at radius 2 is 1.87 bits per heavy atom. The van der Waals surface area contributed by atoms with Crippen molar-refractivity contribution in [1.82, 2.24) is 24.1 Å². The number of aromatic nitrogens is 2. The molecule has 0 radical (unpaired) electrons. The number of ether oxygens (including phenoxy) is 1. The molecular weight excluding hydrogens is 378 g/mol. The van der Waals surface area contributed by atoms with Crippen molar-refractivity contribution in [1.29, 1.82) is 0 Å². The minimum absolute atomic E-state index is 0.00823. The van der Waals surface area contributed by atoms with Gasteiger partial charge in [0.2, 0.25) is 0 Å². The average molecular weight is 408 g/mol. The third kappa shape index (κ3) is 4.47. The number of carbonyl (C=O) groups is 1. The number of benzene rings is 1. The van der Waals surface area contributed by atoms with Crippen molar-refractivity contribution in [3.63, 3.8) is 0 Å². The number of pyridine rings is 1. The maximum absolute atomic E-state index is 13.0. The van der Waals surface area contributed by atoms with Gasteiger partial charge in [-0.15, -0.1) is 0 Å². The summed E-state index contributed by atoms with van der Waals surface area (Å²) in [6.45, 7) is 5.39. The van der Waals surface area contributed by atoms with Gasteiger partial charge in [-0.05, 0) is 49.5 Å². The zero-order valence-corrected chi connectivity index (χ0v) is 17.9. The zero-order chi connectivity index (χ0) is 21.1. The molecule has 2 aromatic heterocycles. The highest BCUT2D eigenvalue weighted by molar-refractivity contribution is 5.93. The third-order valence-electron chi connectivity index (χ3n) is 5.60. The lowest BCUT2D eigenvalue weighted by Crippen LogP contribution is -2.50. The van der Waals surface area contributed by atoms with E-state index in [1.165, 1.54) is 0 Å². The molecule has 1 aromatic carbocycles. The van der Waals surface area contributed by atoms with E-state index in [-0.39, 0.29) is 5.91 Å². The average Bonchev–Trinajstić information content (AvgIpc) is 3.21. The van der Waals surface area contributed by atoms with Crippen molar-refractivity contribution in [2.45, 2.75) is 0 Å². The second-order valence-electron chi connectivity index (χ2n) is 7.98. The van der Waals surface area contributed by atoms with Gasteiger partial charge in [0.15, 0.2) is 0 Å². The highest BCUT2D eigenvalue weighted by Gasteiger charge is 2.23. The van der Waals surface area contributed by atoms with Crippen molar-refractivity contribution in [3.05, 3.63) is 54.5 Å². The van der Waals surface area contributed by atoms with Gasteiger partial charge < -0.3 is 18.9 Å². The van der Waals surface area contributed by atoms with Crippen LogP contribution in [0.15, 0.2) is 48.8 Å². The molecule has 0 atom stereocenters. The SMILES string of the molecule is COc1cccc(-c2ccc3nc(C(=O)N4CCN(CCN(C)C)CC4)cn3c2)c1. The molecule has 7 heteroatoms. The molecule has 0 spiro atoms. The number of amides is 1. The van der Waals surface area contributed by atoms with Gasteiger partial charge in [0.1, 0.15) is 17.1 Å². The number of hydrogen-bond donors (Lipinski definition) is 0. The van der Waals surface area contributed by atoms with Gasteiger partial charge in [0.05, 0.1) is 7.11 Å². The van der Waals surface area contributed by atoms with Gasteiger partial charge in [0, 0.05) is 51.7 Å². The fourth-order valence-electron chi connectivity index (χ4n) is 3.75. The molecule has 1 aliphatic rings. The van der Waals surface area contributed by atoms with Crippen molar-refractivity contribution in [2.75, 3.05) is 60.5 Å². The Hall–Kier alpha value is -2.90. The Bertz CT molecular complexity index is 1020. The van der Waals surface area contributed by atoms with Crippen LogP contribution in [0.4, 0.5) is 0 Å². The second kappa shape index (κ2) is 8.85. The van der Waals surface area contributed by atoms with E-state index in [9.17, 15) is 4.79 Å². The van der Waals surface area contributed by atoms with E-state index in [2.05, 4.69) is 28.9 Å². The summed E-state index contributed by atoms with van der Waals surface area (Å²) in [5, 5.41) is 0. The minimum Gasteiger partial charge on any atom is -0.497 e. The van der Waals surface area contributed by atoms with Crippen LogP contribution < -0.4 is 4.74 Å². The van der Waals surface area contributed by atoms with Crippen LogP contribution in [0.1, 0.15) is 10.5 Å². The lowest BCUT2D eigenvalue weighted by Gasteiger charge is -2.34. The molecule has 1 aliphatic heterocycles. The molecule has 0 N–H and O–H groups in total. The third-order valence-corrected chi connectivity index (χ3v) is 5.60. The fraction of sp³-hybridized carbons (Fsp3) is 0.391. The largest absolute Gasteiger partial charge is 0.497 e. The predicted molar refractivity (Wildman–Crippen MR) is 118 cm³/mol. The number of carbonyl (C=O) groups excluding carboxylic acids is 1. The first-order valence-electron chi connectivity index (χ1n) is 10.3. The predicted octanol–water partition coefficient (Wildman–Crippen LogP) is 2.33. The molecule has 0 bridgehead atoms. The Balaban J connectivity index is 1.46. The molecule has 3 aromatic rings. The van der Waals surface area contributed by atoms with Crippen LogP contribution in [0.5, 0.6) is 5.75 Å². The molecular formula is C23H29N5O2. The number of hydrogen-bond acceptors (Lipinski definition) is 5. The first kappa shape index (κ1) is 20.4. The van der Waals surface area contributed by atoms with Gasteiger partial charge >= 0.3 is 0 Å². The summed E-state index contributed by atoms with van der Waals surface area (Å²) in [7, 11) is 5.84. The Morgan fingerprint density at radius 1 is 1.07 bits per heavy atom.